The van der Waals surface area contributed by atoms with E-state index in [0.29, 0.717) is 6.04 Å². The van der Waals surface area contributed by atoms with Gasteiger partial charge < -0.3 is 4.90 Å². The number of benzene rings is 2. The Kier molecular flexibility index (Phi) is 3.07. The molecule has 0 radical (unpaired) electrons. The van der Waals surface area contributed by atoms with Crippen molar-refractivity contribution in [3.63, 3.8) is 0 Å². The topological polar surface area (TPSA) is 32.3 Å². The molecule has 3 aliphatic rings. The van der Waals surface area contributed by atoms with Gasteiger partial charge in [-0.15, -0.1) is 0 Å². The molecule has 122 valence electrons. The Balaban J connectivity index is 1.76. The number of halogens is 1. The van der Waals surface area contributed by atoms with Crippen LogP contribution in [0.25, 0.3) is 0 Å². The average Bonchev–Trinajstić information content (AvgIpc) is 3.08. The second kappa shape index (κ2) is 5.08. The fourth-order valence-corrected chi connectivity index (χ4v) is 5.00. The number of nitrogens with zero attached hydrogens (tertiary/aromatic N) is 1. The molecule has 1 aliphatic carbocycles. The number of carbonyl (C=O) groups excluding carboxylic acids is 1. The fourth-order valence-electron chi connectivity index (χ4n) is 4.87. The van der Waals surface area contributed by atoms with E-state index in [-0.39, 0.29) is 11.9 Å². The van der Waals surface area contributed by atoms with E-state index in [4.69, 9.17) is 11.6 Å². The Hall–Kier alpha value is -1.84. The molecule has 2 fully saturated rings. The molecule has 1 unspecified atom stereocenters. The summed E-state index contributed by atoms with van der Waals surface area (Å²) in [6, 6.07) is 16.6. The second-order valence-corrected chi connectivity index (χ2v) is 7.48. The molecule has 2 aromatic carbocycles. The molecule has 3 nitrogen and oxygen atoms in total. The van der Waals surface area contributed by atoms with E-state index in [0.717, 1.165) is 34.6 Å². The molecule has 0 aromatic heterocycles. The maximum Gasteiger partial charge on any atom is 0.256 e. The third-order valence-electron chi connectivity index (χ3n) is 5.84. The van der Waals surface area contributed by atoms with Crippen molar-refractivity contribution >= 4 is 17.5 Å². The average molecular weight is 339 g/mol. The van der Waals surface area contributed by atoms with E-state index in [1.54, 1.807) is 0 Å². The predicted molar refractivity (Wildman–Crippen MR) is 94.0 cm³/mol. The first-order chi connectivity index (χ1) is 11.7. The molecule has 5 rings (SSSR count). The molecule has 24 heavy (non-hydrogen) atoms. The molecule has 4 heteroatoms. The van der Waals surface area contributed by atoms with E-state index >= 15 is 0 Å². The standard InChI is InChI=1S/C20H19ClN2O/c21-14-11-9-13(10-12-14)20-16-6-2-1-5-15(16)19(24)23(20)18-8-4-3-7-17(18)22-20/h1-2,5-6,9-12,17-18,22H,3-4,7-8H2/t17-,18-,20?/m0/s1. The van der Waals surface area contributed by atoms with Crippen LogP contribution in [0.2, 0.25) is 5.02 Å². The summed E-state index contributed by atoms with van der Waals surface area (Å²) in [5, 5.41) is 4.57. The first-order valence-corrected chi connectivity index (χ1v) is 9.06. The van der Waals surface area contributed by atoms with Crippen LogP contribution in [0, 0.1) is 0 Å². The van der Waals surface area contributed by atoms with Crippen LogP contribution in [-0.4, -0.2) is 22.9 Å². The lowest BCUT2D eigenvalue weighted by Crippen LogP contribution is -2.48. The molecule has 2 aliphatic heterocycles. The lowest BCUT2D eigenvalue weighted by atomic mass is 9.90. The van der Waals surface area contributed by atoms with E-state index in [2.05, 4.69) is 28.4 Å². The highest BCUT2D eigenvalue weighted by molar-refractivity contribution is 6.30. The molecule has 2 heterocycles. The Bertz CT molecular complexity index is 819. The maximum absolute atomic E-state index is 13.2. The summed E-state index contributed by atoms with van der Waals surface area (Å²) in [6.45, 7) is 0. The first-order valence-electron chi connectivity index (χ1n) is 8.69. The smallest absolute Gasteiger partial charge is 0.256 e. The largest absolute Gasteiger partial charge is 0.308 e. The van der Waals surface area contributed by atoms with Gasteiger partial charge in [0.2, 0.25) is 0 Å². The van der Waals surface area contributed by atoms with Crippen molar-refractivity contribution < 1.29 is 4.79 Å². The van der Waals surface area contributed by atoms with Crippen molar-refractivity contribution in [3.05, 3.63) is 70.2 Å². The predicted octanol–water partition coefficient (Wildman–Crippen LogP) is 3.91. The van der Waals surface area contributed by atoms with Crippen molar-refractivity contribution in [1.29, 1.82) is 0 Å². The van der Waals surface area contributed by atoms with Gasteiger partial charge in [0.1, 0.15) is 5.66 Å². The quantitative estimate of drug-likeness (QED) is 0.855. The number of fused-ring (bicyclic) bond motifs is 5. The van der Waals surface area contributed by atoms with E-state index in [1.165, 1.54) is 12.8 Å². The second-order valence-electron chi connectivity index (χ2n) is 7.04. The molecule has 0 spiro atoms. The van der Waals surface area contributed by atoms with Crippen molar-refractivity contribution in [2.24, 2.45) is 0 Å². The van der Waals surface area contributed by atoms with Crippen LogP contribution in [0.1, 0.15) is 47.2 Å². The Morgan fingerprint density at radius 3 is 2.62 bits per heavy atom. The summed E-state index contributed by atoms with van der Waals surface area (Å²) in [4.78, 5) is 15.4. The van der Waals surface area contributed by atoms with E-state index < -0.39 is 5.66 Å². The molecular weight excluding hydrogens is 320 g/mol. The summed E-state index contributed by atoms with van der Waals surface area (Å²) in [5.41, 5.74) is 2.45. The van der Waals surface area contributed by atoms with Crippen LogP contribution < -0.4 is 5.32 Å². The lowest BCUT2D eigenvalue weighted by molar-refractivity contribution is 0.0587. The minimum Gasteiger partial charge on any atom is -0.308 e. The van der Waals surface area contributed by atoms with E-state index in [1.807, 2.05) is 30.3 Å². The molecule has 0 bridgehead atoms. The lowest BCUT2D eigenvalue weighted by Gasteiger charge is -2.36. The van der Waals surface area contributed by atoms with Crippen molar-refractivity contribution in [1.82, 2.24) is 10.2 Å². The Morgan fingerprint density at radius 1 is 1.04 bits per heavy atom. The Morgan fingerprint density at radius 2 is 1.79 bits per heavy atom. The highest BCUT2D eigenvalue weighted by Gasteiger charge is 2.60. The highest BCUT2D eigenvalue weighted by Crippen LogP contribution is 2.50. The SMILES string of the molecule is O=C1c2ccccc2C2(c3ccc(Cl)cc3)N[C@H]3CCCC[C@@H]3N12. The number of carbonyl (C=O) groups is 1. The van der Waals surface area contributed by atoms with Gasteiger partial charge in [-0.2, -0.15) is 0 Å². The summed E-state index contributed by atoms with van der Waals surface area (Å²) < 4.78 is 0. The van der Waals surface area contributed by atoms with Crippen LogP contribution in [0.4, 0.5) is 0 Å². The van der Waals surface area contributed by atoms with Gasteiger partial charge in [-0.1, -0.05) is 54.8 Å². The molecule has 2 aromatic rings. The van der Waals surface area contributed by atoms with Gasteiger partial charge in [0.15, 0.2) is 0 Å². The number of hydrogen-bond acceptors (Lipinski definition) is 2. The fraction of sp³-hybridized carbons (Fsp3) is 0.350. The van der Waals surface area contributed by atoms with Crippen LogP contribution >= 0.6 is 11.6 Å². The van der Waals surface area contributed by atoms with Gasteiger partial charge in [-0.05, 0) is 36.6 Å². The minimum atomic E-state index is -0.544. The van der Waals surface area contributed by atoms with E-state index in [9.17, 15) is 4.79 Å². The molecule has 1 saturated heterocycles. The molecule has 1 N–H and O–H groups in total. The highest BCUT2D eigenvalue weighted by atomic mass is 35.5. The molecular formula is C20H19ClN2O. The van der Waals surface area contributed by atoms with Gasteiger partial charge in [0, 0.05) is 28.2 Å². The van der Waals surface area contributed by atoms with Gasteiger partial charge in [0.25, 0.3) is 5.91 Å². The van der Waals surface area contributed by atoms with Gasteiger partial charge in [0.05, 0.1) is 0 Å². The van der Waals surface area contributed by atoms with Crippen LogP contribution in [0.3, 0.4) is 0 Å². The monoisotopic (exact) mass is 338 g/mol. The molecule has 3 atom stereocenters. The van der Waals surface area contributed by atoms with Gasteiger partial charge in [-0.3, -0.25) is 10.1 Å². The number of nitrogens with one attached hydrogen (secondary N) is 1. The minimum absolute atomic E-state index is 0.155. The molecule has 1 saturated carbocycles. The van der Waals surface area contributed by atoms with Crippen molar-refractivity contribution in [3.8, 4) is 0 Å². The van der Waals surface area contributed by atoms with Crippen molar-refractivity contribution in [2.45, 2.75) is 43.4 Å². The molecule has 1 amide bonds. The summed E-state index contributed by atoms with van der Waals surface area (Å²) >= 11 is 6.11. The number of rotatable bonds is 1. The van der Waals surface area contributed by atoms with Crippen LogP contribution in [0.5, 0.6) is 0 Å². The zero-order valence-electron chi connectivity index (χ0n) is 13.3. The maximum atomic E-state index is 13.2. The summed E-state index contributed by atoms with van der Waals surface area (Å²) in [5.74, 6) is 0.155. The summed E-state index contributed by atoms with van der Waals surface area (Å²) in [6.07, 6.45) is 4.63. The third-order valence-corrected chi connectivity index (χ3v) is 6.10. The number of hydrogen-bond donors (Lipinski definition) is 1. The van der Waals surface area contributed by atoms with Gasteiger partial charge in [-0.25, -0.2) is 0 Å². The normalized spacial score (nSPS) is 30.9. The Labute approximate surface area is 146 Å². The number of amides is 1. The van der Waals surface area contributed by atoms with Crippen LogP contribution in [-0.2, 0) is 5.66 Å². The summed E-state index contributed by atoms with van der Waals surface area (Å²) in [7, 11) is 0. The third kappa shape index (κ3) is 1.74. The zero-order chi connectivity index (χ0) is 16.3. The zero-order valence-corrected chi connectivity index (χ0v) is 14.1. The van der Waals surface area contributed by atoms with Crippen molar-refractivity contribution in [2.75, 3.05) is 0 Å². The van der Waals surface area contributed by atoms with Crippen LogP contribution in [0.15, 0.2) is 48.5 Å². The first kappa shape index (κ1) is 14.5. The van der Waals surface area contributed by atoms with Gasteiger partial charge >= 0.3 is 0 Å².